The molecule has 1 amide bonds. The smallest absolute Gasteiger partial charge is 0.242 e. The number of hydrogen-bond donors (Lipinski definition) is 2. The van der Waals surface area contributed by atoms with Gasteiger partial charge in [-0.2, -0.15) is 0 Å². The first-order valence-corrected chi connectivity index (χ1v) is 7.88. The van der Waals surface area contributed by atoms with E-state index in [-0.39, 0.29) is 5.75 Å². The Kier molecular flexibility index (Phi) is 4.94. The number of anilines is 2. The van der Waals surface area contributed by atoms with E-state index in [1.165, 1.54) is 6.92 Å². The molecule has 0 aromatic heterocycles. The summed E-state index contributed by atoms with van der Waals surface area (Å²) in [7, 11) is -3.39. The van der Waals surface area contributed by atoms with E-state index in [2.05, 4.69) is 5.32 Å². The van der Waals surface area contributed by atoms with Crippen molar-refractivity contribution >= 4 is 27.1 Å². The molecule has 5 nitrogen and oxygen atoms in total. The van der Waals surface area contributed by atoms with Gasteiger partial charge in [-0.05, 0) is 44.0 Å². The Bertz CT molecular complexity index is 567. The van der Waals surface area contributed by atoms with Gasteiger partial charge in [0.25, 0.3) is 0 Å². The summed E-state index contributed by atoms with van der Waals surface area (Å²) in [5.74, 6) is -0.496. The van der Waals surface area contributed by atoms with Gasteiger partial charge >= 0.3 is 0 Å². The van der Waals surface area contributed by atoms with Crippen LogP contribution in [-0.2, 0) is 14.6 Å². The Hall–Kier alpha value is -1.56. The lowest BCUT2D eigenvalue weighted by Gasteiger charge is -2.14. The molecule has 1 aromatic carbocycles. The summed E-state index contributed by atoms with van der Waals surface area (Å²) in [5, 5.41) is 1.58. The van der Waals surface area contributed by atoms with E-state index in [0.717, 1.165) is 5.56 Å². The molecule has 19 heavy (non-hydrogen) atoms. The number of benzene rings is 1. The Morgan fingerprint density at radius 3 is 2.58 bits per heavy atom. The standard InChI is InChI=1S/C13H20N2O3S/c1-4-7-19(17,18)10(3)13(16)15-12-6-5-11(14)8-9(12)2/h5-6,8,10H,4,7,14H2,1-3H3,(H,15,16). The molecule has 0 saturated carbocycles. The Morgan fingerprint density at radius 1 is 1.42 bits per heavy atom. The van der Waals surface area contributed by atoms with Gasteiger partial charge in [0, 0.05) is 11.4 Å². The van der Waals surface area contributed by atoms with Gasteiger partial charge in [0.2, 0.25) is 5.91 Å². The largest absolute Gasteiger partial charge is 0.399 e. The molecular weight excluding hydrogens is 264 g/mol. The van der Waals surface area contributed by atoms with Gasteiger partial charge in [-0.3, -0.25) is 4.79 Å². The molecule has 1 rings (SSSR count). The van der Waals surface area contributed by atoms with E-state index in [1.54, 1.807) is 32.0 Å². The van der Waals surface area contributed by atoms with Crippen molar-refractivity contribution in [3.63, 3.8) is 0 Å². The molecule has 0 aliphatic heterocycles. The number of sulfone groups is 1. The van der Waals surface area contributed by atoms with E-state index in [1.807, 2.05) is 0 Å². The molecule has 106 valence electrons. The Balaban J connectivity index is 2.85. The lowest BCUT2D eigenvalue weighted by molar-refractivity contribution is -0.115. The molecule has 1 aromatic rings. The summed E-state index contributed by atoms with van der Waals surface area (Å²) >= 11 is 0. The third-order valence-electron chi connectivity index (χ3n) is 2.90. The number of amides is 1. The normalized spacial score (nSPS) is 13.0. The predicted molar refractivity (Wildman–Crippen MR) is 77.8 cm³/mol. The summed E-state index contributed by atoms with van der Waals surface area (Å²) in [4.78, 5) is 11.9. The van der Waals surface area contributed by atoms with Crippen LogP contribution >= 0.6 is 0 Å². The number of rotatable bonds is 5. The maximum absolute atomic E-state index is 11.9. The second kappa shape index (κ2) is 6.06. The zero-order chi connectivity index (χ0) is 14.6. The molecule has 0 fully saturated rings. The number of hydrogen-bond acceptors (Lipinski definition) is 4. The van der Waals surface area contributed by atoms with Crippen molar-refractivity contribution in [1.82, 2.24) is 0 Å². The third-order valence-corrected chi connectivity index (χ3v) is 5.17. The minimum absolute atomic E-state index is 0.0162. The molecule has 0 aliphatic rings. The van der Waals surface area contributed by atoms with Gasteiger partial charge in [-0.1, -0.05) is 6.92 Å². The summed E-state index contributed by atoms with van der Waals surface area (Å²) in [6, 6.07) is 5.05. The van der Waals surface area contributed by atoms with Crippen molar-refractivity contribution in [2.75, 3.05) is 16.8 Å². The van der Waals surface area contributed by atoms with Crippen LogP contribution in [0.15, 0.2) is 18.2 Å². The van der Waals surface area contributed by atoms with E-state index in [0.29, 0.717) is 17.8 Å². The van der Waals surface area contributed by atoms with Crippen molar-refractivity contribution in [3.05, 3.63) is 23.8 Å². The lowest BCUT2D eigenvalue weighted by Crippen LogP contribution is -2.34. The molecule has 0 bridgehead atoms. The highest BCUT2D eigenvalue weighted by molar-refractivity contribution is 7.92. The summed E-state index contributed by atoms with van der Waals surface area (Å²) < 4.78 is 23.6. The van der Waals surface area contributed by atoms with Crippen molar-refractivity contribution < 1.29 is 13.2 Å². The van der Waals surface area contributed by atoms with E-state index >= 15 is 0 Å². The Morgan fingerprint density at radius 2 is 2.05 bits per heavy atom. The number of nitrogens with one attached hydrogen (secondary N) is 1. The van der Waals surface area contributed by atoms with Gasteiger partial charge in [-0.25, -0.2) is 8.42 Å². The fourth-order valence-electron chi connectivity index (χ4n) is 1.69. The van der Waals surface area contributed by atoms with Crippen molar-refractivity contribution in [2.24, 2.45) is 0 Å². The van der Waals surface area contributed by atoms with Gasteiger partial charge in [0.1, 0.15) is 5.25 Å². The van der Waals surface area contributed by atoms with Gasteiger partial charge < -0.3 is 11.1 Å². The van der Waals surface area contributed by atoms with Gasteiger partial charge in [-0.15, -0.1) is 0 Å². The van der Waals surface area contributed by atoms with Crippen LogP contribution in [-0.4, -0.2) is 25.3 Å². The second-order valence-electron chi connectivity index (χ2n) is 4.57. The van der Waals surface area contributed by atoms with Crippen molar-refractivity contribution in [3.8, 4) is 0 Å². The average molecular weight is 284 g/mol. The van der Waals surface area contributed by atoms with Crippen molar-refractivity contribution in [1.29, 1.82) is 0 Å². The summed E-state index contributed by atoms with van der Waals surface area (Å²) in [6.45, 7) is 4.98. The Labute approximate surface area is 114 Å². The number of carbonyl (C=O) groups excluding carboxylic acids is 1. The second-order valence-corrected chi connectivity index (χ2v) is 7.01. The molecule has 0 radical (unpaired) electrons. The quantitative estimate of drug-likeness (QED) is 0.806. The van der Waals surface area contributed by atoms with Crippen LogP contribution in [0, 0.1) is 6.92 Å². The molecule has 3 N–H and O–H groups in total. The van der Waals surface area contributed by atoms with Gasteiger partial charge in [0.15, 0.2) is 9.84 Å². The van der Waals surface area contributed by atoms with Crippen LogP contribution in [0.3, 0.4) is 0 Å². The molecule has 0 spiro atoms. The van der Waals surface area contributed by atoms with Crippen LogP contribution in [0.1, 0.15) is 25.8 Å². The first kappa shape index (κ1) is 15.5. The highest BCUT2D eigenvalue weighted by Crippen LogP contribution is 2.18. The zero-order valence-corrected chi connectivity index (χ0v) is 12.3. The SMILES string of the molecule is CCCS(=O)(=O)C(C)C(=O)Nc1ccc(N)cc1C. The minimum Gasteiger partial charge on any atom is -0.399 e. The molecule has 0 heterocycles. The molecule has 1 atom stereocenters. The molecule has 0 aliphatic carbocycles. The average Bonchev–Trinajstić information content (AvgIpc) is 2.31. The van der Waals surface area contributed by atoms with Gasteiger partial charge in [0.05, 0.1) is 5.75 Å². The van der Waals surface area contributed by atoms with Crippen LogP contribution in [0.4, 0.5) is 11.4 Å². The monoisotopic (exact) mass is 284 g/mol. The first-order chi connectivity index (χ1) is 8.77. The highest BCUT2D eigenvalue weighted by atomic mass is 32.2. The number of nitrogen functional groups attached to an aromatic ring is 1. The zero-order valence-electron chi connectivity index (χ0n) is 11.4. The molecule has 6 heteroatoms. The fourth-order valence-corrected chi connectivity index (χ4v) is 2.99. The summed E-state index contributed by atoms with van der Waals surface area (Å²) in [6.07, 6.45) is 0.501. The minimum atomic E-state index is -3.39. The van der Waals surface area contributed by atoms with Crippen LogP contribution in [0.2, 0.25) is 0 Å². The topological polar surface area (TPSA) is 89.3 Å². The van der Waals surface area contributed by atoms with E-state index in [4.69, 9.17) is 5.73 Å². The molecular formula is C13H20N2O3S. The predicted octanol–water partition coefficient (Wildman–Crippen LogP) is 1.73. The maximum Gasteiger partial charge on any atom is 0.242 e. The van der Waals surface area contributed by atoms with E-state index in [9.17, 15) is 13.2 Å². The third kappa shape index (κ3) is 3.96. The summed E-state index contributed by atoms with van der Waals surface area (Å²) in [5.41, 5.74) is 7.60. The lowest BCUT2D eigenvalue weighted by atomic mass is 10.2. The maximum atomic E-state index is 11.9. The van der Waals surface area contributed by atoms with E-state index < -0.39 is 21.0 Å². The fraction of sp³-hybridized carbons (Fsp3) is 0.462. The van der Waals surface area contributed by atoms with Crippen LogP contribution < -0.4 is 11.1 Å². The number of carbonyl (C=O) groups is 1. The number of aryl methyl sites for hydroxylation is 1. The van der Waals surface area contributed by atoms with Crippen LogP contribution in [0.25, 0.3) is 0 Å². The molecule has 0 saturated heterocycles. The van der Waals surface area contributed by atoms with Crippen LogP contribution in [0.5, 0.6) is 0 Å². The first-order valence-electron chi connectivity index (χ1n) is 6.16. The number of nitrogens with two attached hydrogens (primary N) is 1. The van der Waals surface area contributed by atoms with Crippen molar-refractivity contribution in [2.45, 2.75) is 32.4 Å². The highest BCUT2D eigenvalue weighted by Gasteiger charge is 2.27. The molecule has 1 unspecified atom stereocenters.